The quantitative estimate of drug-likeness (QED) is 0.399. The summed E-state index contributed by atoms with van der Waals surface area (Å²) in [4.78, 5) is 25.7. The van der Waals surface area contributed by atoms with Crippen LogP contribution in [0.5, 0.6) is 11.6 Å². The second-order valence-electron chi connectivity index (χ2n) is 5.18. The standard InChI is InChI=1S/C16H18N4O5/c1-10-11(2)19-15(25-12-6-4-3-5-7-12)14(20(23)24)13(10)17-8-9-18-16(21)22/h3-7,18H,8-9H2,1-2H3,(H,17,19)(H,21,22). The molecular formula is C16H18N4O5. The maximum Gasteiger partial charge on any atom is 0.404 e. The molecule has 0 atom stereocenters. The molecule has 0 unspecified atom stereocenters. The molecule has 9 heteroatoms. The average Bonchev–Trinajstić information content (AvgIpc) is 2.56. The van der Waals surface area contributed by atoms with E-state index in [0.717, 1.165) is 0 Å². The van der Waals surface area contributed by atoms with Crippen molar-refractivity contribution in [2.75, 3.05) is 18.4 Å². The number of anilines is 1. The Kier molecular flexibility index (Phi) is 5.72. The van der Waals surface area contributed by atoms with E-state index < -0.39 is 11.0 Å². The molecule has 0 saturated carbocycles. The number of benzene rings is 1. The van der Waals surface area contributed by atoms with Crippen molar-refractivity contribution in [1.82, 2.24) is 10.3 Å². The molecule has 9 nitrogen and oxygen atoms in total. The van der Waals surface area contributed by atoms with Crippen molar-refractivity contribution in [3.05, 3.63) is 51.7 Å². The Balaban J connectivity index is 2.36. The van der Waals surface area contributed by atoms with Crippen LogP contribution in [0.2, 0.25) is 0 Å². The van der Waals surface area contributed by atoms with E-state index in [9.17, 15) is 14.9 Å². The number of ether oxygens (including phenoxy) is 1. The topological polar surface area (TPSA) is 127 Å². The zero-order valence-corrected chi connectivity index (χ0v) is 13.8. The Morgan fingerprint density at radius 3 is 2.56 bits per heavy atom. The molecule has 132 valence electrons. The summed E-state index contributed by atoms with van der Waals surface area (Å²) in [6.07, 6.45) is -1.16. The number of carboxylic acid groups (broad SMARTS) is 1. The van der Waals surface area contributed by atoms with Crippen LogP contribution in [0.4, 0.5) is 16.2 Å². The van der Waals surface area contributed by atoms with E-state index in [-0.39, 0.29) is 30.3 Å². The minimum Gasteiger partial charge on any atom is -0.465 e. The van der Waals surface area contributed by atoms with Gasteiger partial charge in [-0.1, -0.05) is 18.2 Å². The summed E-state index contributed by atoms with van der Waals surface area (Å²) in [6.45, 7) is 3.70. The summed E-state index contributed by atoms with van der Waals surface area (Å²) in [5, 5.41) is 25.2. The Morgan fingerprint density at radius 1 is 1.28 bits per heavy atom. The third kappa shape index (κ3) is 4.56. The van der Waals surface area contributed by atoms with Crippen LogP contribution in [0.3, 0.4) is 0 Å². The molecule has 0 aliphatic carbocycles. The van der Waals surface area contributed by atoms with Gasteiger partial charge in [0, 0.05) is 24.3 Å². The molecule has 1 aromatic heterocycles. The normalized spacial score (nSPS) is 10.2. The van der Waals surface area contributed by atoms with Crippen LogP contribution in [0, 0.1) is 24.0 Å². The maximum absolute atomic E-state index is 11.6. The zero-order valence-electron chi connectivity index (χ0n) is 13.8. The van der Waals surface area contributed by atoms with Gasteiger partial charge in [0.25, 0.3) is 0 Å². The van der Waals surface area contributed by atoms with Crippen molar-refractivity contribution in [2.24, 2.45) is 0 Å². The van der Waals surface area contributed by atoms with Crippen molar-refractivity contribution in [3.63, 3.8) is 0 Å². The molecule has 1 amide bonds. The lowest BCUT2D eigenvalue weighted by Crippen LogP contribution is -2.27. The molecular weight excluding hydrogens is 328 g/mol. The van der Waals surface area contributed by atoms with E-state index in [4.69, 9.17) is 9.84 Å². The van der Waals surface area contributed by atoms with Gasteiger partial charge in [-0.15, -0.1) is 0 Å². The SMILES string of the molecule is Cc1nc(Oc2ccccc2)c([N+](=O)[O-])c(NCCNC(=O)O)c1C. The molecule has 2 rings (SSSR count). The lowest BCUT2D eigenvalue weighted by atomic mass is 10.1. The van der Waals surface area contributed by atoms with Crippen molar-refractivity contribution >= 4 is 17.5 Å². The number of carbonyl (C=O) groups is 1. The number of nitrogens with zero attached hydrogens (tertiary/aromatic N) is 2. The van der Waals surface area contributed by atoms with E-state index in [1.54, 1.807) is 44.2 Å². The monoisotopic (exact) mass is 346 g/mol. The van der Waals surface area contributed by atoms with Gasteiger partial charge < -0.3 is 20.5 Å². The lowest BCUT2D eigenvalue weighted by Gasteiger charge is -2.14. The Morgan fingerprint density at radius 2 is 1.96 bits per heavy atom. The molecule has 0 radical (unpaired) electrons. The molecule has 25 heavy (non-hydrogen) atoms. The number of hydrogen-bond donors (Lipinski definition) is 3. The fraction of sp³-hybridized carbons (Fsp3) is 0.250. The molecule has 0 aliphatic rings. The van der Waals surface area contributed by atoms with Gasteiger partial charge in [0.2, 0.25) is 0 Å². The van der Waals surface area contributed by atoms with E-state index in [1.165, 1.54) is 0 Å². The molecule has 0 aliphatic heterocycles. The second-order valence-corrected chi connectivity index (χ2v) is 5.18. The summed E-state index contributed by atoms with van der Waals surface area (Å²) < 4.78 is 5.59. The molecule has 0 saturated heterocycles. The number of amides is 1. The number of aryl methyl sites for hydroxylation is 1. The van der Waals surface area contributed by atoms with Gasteiger partial charge in [0.1, 0.15) is 11.4 Å². The molecule has 1 aromatic carbocycles. The molecule has 1 heterocycles. The van der Waals surface area contributed by atoms with Gasteiger partial charge >= 0.3 is 17.7 Å². The Hall–Kier alpha value is -3.36. The molecule has 3 N–H and O–H groups in total. The highest BCUT2D eigenvalue weighted by Gasteiger charge is 2.27. The number of nitro groups is 1. The van der Waals surface area contributed by atoms with Gasteiger partial charge in [-0.05, 0) is 26.0 Å². The number of aromatic nitrogens is 1. The maximum atomic E-state index is 11.6. The number of pyridine rings is 1. The zero-order chi connectivity index (χ0) is 18.4. The first-order valence-corrected chi connectivity index (χ1v) is 7.49. The van der Waals surface area contributed by atoms with Crippen LogP contribution in [0.1, 0.15) is 11.3 Å². The third-order valence-corrected chi connectivity index (χ3v) is 3.47. The predicted octanol–water partition coefficient (Wildman–Crippen LogP) is 3.08. The fourth-order valence-corrected chi connectivity index (χ4v) is 2.17. The summed E-state index contributed by atoms with van der Waals surface area (Å²) in [6, 6.07) is 8.64. The smallest absolute Gasteiger partial charge is 0.404 e. The predicted molar refractivity (Wildman–Crippen MR) is 91.4 cm³/mol. The van der Waals surface area contributed by atoms with Gasteiger partial charge in [-0.25, -0.2) is 9.78 Å². The van der Waals surface area contributed by atoms with Crippen LogP contribution < -0.4 is 15.4 Å². The largest absolute Gasteiger partial charge is 0.465 e. The number of hydrogen-bond acceptors (Lipinski definition) is 6. The number of para-hydroxylation sites is 1. The van der Waals surface area contributed by atoms with Crippen LogP contribution in [0.25, 0.3) is 0 Å². The van der Waals surface area contributed by atoms with Gasteiger partial charge in [-0.3, -0.25) is 10.1 Å². The number of rotatable bonds is 7. The van der Waals surface area contributed by atoms with Crippen molar-refractivity contribution < 1.29 is 19.6 Å². The first-order valence-electron chi connectivity index (χ1n) is 7.49. The van der Waals surface area contributed by atoms with Crippen LogP contribution >= 0.6 is 0 Å². The molecule has 0 spiro atoms. The van der Waals surface area contributed by atoms with E-state index in [0.29, 0.717) is 17.0 Å². The lowest BCUT2D eigenvalue weighted by molar-refractivity contribution is -0.385. The minimum absolute atomic E-state index is 0.0994. The molecule has 0 fully saturated rings. The summed E-state index contributed by atoms with van der Waals surface area (Å²) in [5.41, 5.74) is 1.14. The summed E-state index contributed by atoms with van der Waals surface area (Å²) in [5.74, 6) is 0.313. The highest BCUT2D eigenvalue weighted by Crippen LogP contribution is 2.39. The molecule has 2 aromatic rings. The van der Waals surface area contributed by atoms with E-state index >= 15 is 0 Å². The van der Waals surface area contributed by atoms with Crippen molar-refractivity contribution in [2.45, 2.75) is 13.8 Å². The van der Waals surface area contributed by atoms with E-state index in [2.05, 4.69) is 15.6 Å². The fourth-order valence-electron chi connectivity index (χ4n) is 2.17. The first-order chi connectivity index (χ1) is 11.9. The number of nitrogens with one attached hydrogen (secondary N) is 2. The average molecular weight is 346 g/mol. The second kappa shape index (κ2) is 7.95. The van der Waals surface area contributed by atoms with Crippen LogP contribution in [-0.2, 0) is 0 Å². The van der Waals surface area contributed by atoms with Gasteiger partial charge in [-0.2, -0.15) is 0 Å². The van der Waals surface area contributed by atoms with Crippen LogP contribution in [0.15, 0.2) is 30.3 Å². The Bertz CT molecular complexity index is 780. The first kappa shape index (κ1) is 18.0. The summed E-state index contributed by atoms with van der Waals surface area (Å²) in [7, 11) is 0. The van der Waals surface area contributed by atoms with Crippen molar-refractivity contribution in [3.8, 4) is 11.6 Å². The highest BCUT2D eigenvalue weighted by molar-refractivity contribution is 5.72. The Labute approximate surface area is 143 Å². The summed E-state index contributed by atoms with van der Waals surface area (Å²) >= 11 is 0. The highest BCUT2D eigenvalue weighted by atomic mass is 16.6. The molecule has 0 bridgehead atoms. The van der Waals surface area contributed by atoms with E-state index in [1.807, 2.05) is 0 Å². The third-order valence-electron chi connectivity index (χ3n) is 3.47. The van der Waals surface area contributed by atoms with Crippen molar-refractivity contribution in [1.29, 1.82) is 0 Å². The minimum atomic E-state index is -1.16. The van der Waals surface area contributed by atoms with Gasteiger partial charge in [0.05, 0.1) is 4.92 Å². The van der Waals surface area contributed by atoms with Gasteiger partial charge in [0.15, 0.2) is 0 Å². The van der Waals surface area contributed by atoms with Crippen LogP contribution in [-0.4, -0.2) is 34.2 Å².